The van der Waals surface area contributed by atoms with Crippen LogP contribution in [0.4, 0.5) is 0 Å². The minimum absolute atomic E-state index is 0.196. The highest BCUT2D eigenvalue weighted by Gasteiger charge is 1.98. The van der Waals surface area contributed by atoms with Gasteiger partial charge in [-0.3, -0.25) is 0 Å². The quantitative estimate of drug-likeness (QED) is 0.566. The van der Waals surface area contributed by atoms with Crippen LogP contribution in [0.15, 0.2) is 24.3 Å². The van der Waals surface area contributed by atoms with Crippen molar-refractivity contribution in [3.05, 3.63) is 34.9 Å². The van der Waals surface area contributed by atoms with Gasteiger partial charge in [-0.25, -0.2) is 0 Å². The molecule has 0 fully saturated rings. The van der Waals surface area contributed by atoms with Crippen LogP contribution >= 0.6 is 24.2 Å². The summed E-state index contributed by atoms with van der Waals surface area (Å²) in [6.45, 7) is 2.75. The van der Waals surface area contributed by atoms with E-state index >= 15 is 0 Å². The van der Waals surface area contributed by atoms with Gasteiger partial charge in [0.05, 0.1) is 0 Å². The van der Waals surface area contributed by atoms with Gasteiger partial charge in [-0.1, -0.05) is 29.8 Å². The number of nitrogens with one attached hydrogen (secondary N) is 1. The lowest BCUT2D eigenvalue weighted by molar-refractivity contribution is 0.691. The minimum atomic E-state index is 0.196. The average molecular weight is 202 g/mol. The third-order valence-electron chi connectivity index (χ3n) is 1.55. The maximum absolute atomic E-state index is 5.94. The van der Waals surface area contributed by atoms with Crippen molar-refractivity contribution in [2.75, 3.05) is 0 Å². The molecule has 0 aromatic heterocycles. The first kappa shape index (κ1) is 9.90. The molecule has 0 saturated carbocycles. The van der Waals surface area contributed by atoms with Crippen molar-refractivity contribution < 1.29 is 0 Å². The normalized spacial score (nSPS) is 12.9. The van der Waals surface area contributed by atoms with Crippen LogP contribution < -0.4 is 5.32 Å². The van der Waals surface area contributed by atoms with Gasteiger partial charge in [-0.05, 0) is 18.6 Å². The van der Waals surface area contributed by atoms with E-state index in [9.17, 15) is 0 Å². The molecule has 66 valence electrons. The molecule has 1 nitrogen and oxygen atoms in total. The summed E-state index contributed by atoms with van der Waals surface area (Å²) >= 11 is 10.2. The van der Waals surface area contributed by atoms with Crippen molar-refractivity contribution in [3.63, 3.8) is 0 Å². The first-order valence-electron chi connectivity index (χ1n) is 3.85. The average Bonchev–Trinajstić information content (AvgIpc) is 2.03. The Balaban J connectivity index is 2.57. The van der Waals surface area contributed by atoms with Gasteiger partial charge in [0.25, 0.3) is 0 Å². The summed E-state index contributed by atoms with van der Waals surface area (Å²) in [6, 6.07) is 7.80. The molecular formula is C9H12ClNS. The highest BCUT2D eigenvalue weighted by molar-refractivity contribution is 7.80. The molecule has 12 heavy (non-hydrogen) atoms. The molecule has 3 heteroatoms. The Bertz CT molecular complexity index is 250. The second-order valence-corrected chi connectivity index (χ2v) is 3.83. The Morgan fingerprint density at radius 2 is 2.17 bits per heavy atom. The van der Waals surface area contributed by atoms with E-state index in [0.717, 1.165) is 17.1 Å². The second kappa shape index (κ2) is 4.75. The zero-order valence-corrected chi connectivity index (χ0v) is 8.57. The summed E-state index contributed by atoms with van der Waals surface area (Å²) in [6.07, 6.45) is 0. The molecule has 0 unspecified atom stereocenters. The van der Waals surface area contributed by atoms with Crippen molar-refractivity contribution in [1.29, 1.82) is 0 Å². The monoisotopic (exact) mass is 201 g/mol. The van der Waals surface area contributed by atoms with Crippen LogP contribution in [-0.2, 0) is 6.54 Å². The van der Waals surface area contributed by atoms with Crippen LogP contribution in [-0.4, -0.2) is 5.37 Å². The number of halogens is 1. The molecule has 0 aliphatic heterocycles. The molecule has 1 N–H and O–H groups in total. The van der Waals surface area contributed by atoms with Crippen LogP contribution in [0.2, 0.25) is 5.02 Å². The summed E-state index contributed by atoms with van der Waals surface area (Å²) in [5, 5.41) is 4.18. The molecule has 0 saturated heterocycles. The van der Waals surface area contributed by atoms with Crippen LogP contribution in [0, 0.1) is 0 Å². The molecule has 0 radical (unpaired) electrons. The highest BCUT2D eigenvalue weighted by Crippen LogP contribution is 2.14. The molecule has 0 aliphatic carbocycles. The molecule has 1 aromatic rings. The predicted octanol–water partition coefficient (Wildman–Crippen LogP) is 2.71. The fraction of sp³-hybridized carbons (Fsp3) is 0.333. The number of rotatable bonds is 3. The van der Waals surface area contributed by atoms with Crippen LogP contribution in [0.3, 0.4) is 0 Å². The lowest BCUT2D eigenvalue weighted by Gasteiger charge is -2.08. The van der Waals surface area contributed by atoms with Crippen molar-refractivity contribution in [2.45, 2.75) is 18.8 Å². The molecule has 0 heterocycles. The number of thiol groups is 1. The molecular weight excluding hydrogens is 190 g/mol. The van der Waals surface area contributed by atoms with Crippen molar-refractivity contribution in [3.8, 4) is 0 Å². The molecule has 1 aromatic carbocycles. The molecule has 0 bridgehead atoms. The van der Waals surface area contributed by atoms with Gasteiger partial charge in [-0.2, -0.15) is 12.6 Å². The molecule has 0 spiro atoms. The summed E-state index contributed by atoms with van der Waals surface area (Å²) < 4.78 is 0. The van der Waals surface area contributed by atoms with E-state index in [1.165, 1.54) is 0 Å². The van der Waals surface area contributed by atoms with Crippen molar-refractivity contribution in [1.82, 2.24) is 5.32 Å². The zero-order chi connectivity index (χ0) is 8.97. The van der Waals surface area contributed by atoms with Gasteiger partial charge in [0, 0.05) is 16.9 Å². The van der Waals surface area contributed by atoms with Gasteiger partial charge in [0.2, 0.25) is 0 Å². The zero-order valence-electron chi connectivity index (χ0n) is 6.92. The fourth-order valence-electron chi connectivity index (χ4n) is 0.899. The Morgan fingerprint density at radius 1 is 1.50 bits per heavy atom. The van der Waals surface area contributed by atoms with E-state index in [-0.39, 0.29) is 5.37 Å². The van der Waals surface area contributed by atoms with E-state index in [1.54, 1.807) is 0 Å². The first-order chi connectivity index (χ1) is 5.70. The van der Waals surface area contributed by atoms with Crippen molar-refractivity contribution in [2.24, 2.45) is 0 Å². The van der Waals surface area contributed by atoms with E-state index < -0.39 is 0 Å². The Kier molecular flexibility index (Phi) is 3.92. The molecule has 1 atom stereocenters. The van der Waals surface area contributed by atoms with Gasteiger partial charge in [0.15, 0.2) is 0 Å². The van der Waals surface area contributed by atoms with Crippen LogP contribution in [0.5, 0.6) is 0 Å². The smallest absolute Gasteiger partial charge is 0.0476 e. The van der Waals surface area contributed by atoms with E-state index in [1.807, 2.05) is 31.2 Å². The minimum Gasteiger partial charge on any atom is -0.302 e. The van der Waals surface area contributed by atoms with E-state index in [0.29, 0.717) is 0 Å². The number of hydrogen-bond donors (Lipinski definition) is 2. The highest BCUT2D eigenvalue weighted by atomic mass is 35.5. The largest absolute Gasteiger partial charge is 0.302 e. The third kappa shape index (κ3) is 3.05. The Hall–Kier alpha value is -0.180. The Labute approximate surface area is 83.5 Å². The molecule has 1 rings (SSSR count). The summed E-state index contributed by atoms with van der Waals surface area (Å²) in [7, 11) is 0. The number of hydrogen-bond acceptors (Lipinski definition) is 2. The third-order valence-corrected chi connectivity index (χ3v) is 2.10. The van der Waals surface area contributed by atoms with Gasteiger partial charge in [-0.15, -0.1) is 0 Å². The van der Waals surface area contributed by atoms with Gasteiger partial charge in [0.1, 0.15) is 0 Å². The second-order valence-electron chi connectivity index (χ2n) is 2.65. The van der Waals surface area contributed by atoms with Gasteiger partial charge >= 0.3 is 0 Å². The van der Waals surface area contributed by atoms with Gasteiger partial charge < -0.3 is 5.32 Å². The summed E-state index contributed by atoms with van der Waals surface area (Å²) in [5.41, 5.74) is 1.11. The SMILES string of the molecule is C[C@@H](S)NCc1ccccc1Cl. The first-order valence-corrected chi connectivity index (χ1v) is 4.74. The van der Waals surface area contributed by atoms with Crippen molar-refractivity contribution >= 4 is 24.2 Å². The lowest BCUT2D eigenvalue weighted by Crippen LogP contribution is -2.19. The standard InChI is InChI=1S/C9H12ClNS/c1-7(12)11-6-8-4-2-3-5-9(8)10/h2-5,7,11-12H,6H2,1H3/t7-/m1/s1. The topological polar surface area (TPSA) is 12.0 Å². The number of benzene rings is 1. The lowest BCUT2D eigenvalue weighted by atomic mass is 10.2. The molecule has 0 aliphatic rings. The van der Waals surface area contributed by atoms with Crippen LogP contribution in [0.1, 0.15) is 12.5 Å². The summed E-state index contributed by atoms with van der Waals surface area (Å²) in [4.78, 5) is 0. The van der Waals surface area contributed by atoms with E-state index in [4.69, 9.17) is 11.6 Å². The maximum Gasteiger partial charge on any atom is 0.0476 e. The maximum atomic E-state index is 5.94. The van der Waals surface area contributed by atoms with E-state index in [2.05, 4.69) is 17.9 Å². The Morgan fingerprint density at radius 3 is 2.75 bits per heavy atom. The molecule has 0 amide bonds. The predicted molar refractivity (Wildman–Crippen MR) is 56.7 cm³/mol. The summed E-state index contributed by atoms with van der Waals surface area (Å²) in [5.74, 6) is 0. The van der Waals surface area contributed by atoms with Crippen LogP contribution in [0.25, 0.3) is 0 Å². The fourth-order valence-corrected chi connectivity index (χ4v) is 1.19.